The smallest absolute Gasteiger partial charge is 0.258 e. The zero-order valence-electron chi connectivity index (χ0n) is 9.59. The maximum atomic E-state index is 10.9. The minimum atomic E-state index is -0.489. The third-order valence-corrected chi connectivity index (χ3v) is 3.64. The molecule has 2 rings (SSSR count). The Labute approximate surface area is 110 Å². The van der Waals surface area contributed by atoms with Crippen molar-refractivity contribution in [1.29, 1.82) is 0 Å². The van der Waals surface area contributed by atoms with Crippen molar-refractivity contribution in [3.05, 3.63) is 68.8 Å². The maximum Gasteiger partial charge on any atom is 0.277 e. The number of hydrogen-bond donors (Lipinski definition) is 0. The van der Waals surface area contributed by atoms with Crippen LogP contribution in [0.15, 0.2) is 48.5 Å². The Morgan fingerprint density at radius 1 is 0.737 bits per heavy atom. The summed E-state index contributed by atoms with van der Waals surface area (Å²) < 4.78 is 0. The van der Waals surface area contributed by atoms with E-state index in [0.717, 1.165) is 0 Å². The summed E-state index contributed by atoms with van der Waals surface area (Å²) in [5, 5.41) is 22.7. The highest BCUT2D eigenvalue weighted by atomic mass is 31.1. The summed E-state index contributed by atoms with van der Waals surface area (Å²) in [4.78, 5) is 20.8. The van der Waals surface area contributed by atoms with E-state index in [0.29, 0.717) is 19.2 Å². The number of para-hydroxylation sites is 2. The molecule has 0 atom stereocenters. The number of rotatable bonds is 4. The van der Waals surface area contributed by atoms with Gasteiger partial charge in [-0.2, -0.15) is 0 Å². The predicted molar refractivity (Wildman–Crippen MR) is 72.4 cm³/mol. The minimum absolute atomic E-state index is 0.0395. The molecule has 0 fully saturated rings. The molecule has 0 N–H and O–H groups in total. The Morgan fingerprint density at radius 2 is 1.11 bits per heavy atom. The topological polar surface area (TPSA) is 86.3 Å². The van der Waals surface area contributed by atoms with Gasteiger partial charge in [0.15, 0.2) is 0 Å². The number of nitro benzene ring substituents is 2. The highest BCUT2D eigenvalue weighted by Gasteiger charge is 2.18. The molecule has 0 aliphatic rings. The van der Waals surface area contributed by atoms with Crippen LogP contribution in [0.4, 0.5) is 11.4 Å². The van der Waals surface area contributed by atoms with E-state index in [1.807, 2.05) is 0 Å². The average molecular weight is 275 g/mol. The molecule has 7 heteroatoms. The molecular weight excluding hydrogens is 267 g/mol. The molecule has 0 saturated carbocycles. The van der Waals surface area contributed by atoms with Crippen molar-refractivity contribution in [3.8, 4) is 0 Å². The molecule has 0 heterocycles. The Bertz CT molecular complexity index is 590. The largest absolute Gasteiger partial charge is 0.277 e. The first kappa shape index (κ1) is 13.1. The van der Waals surface area contributed by atoms with Crippen molar-refractivity contribution < 1.29 is 9.85 Å². The first-order valence-corrected chi connectivity index (χ1v) is 6.17. The maximum absolute atomic E-state index is 10.9. The fourth-order valence-electron chi connectivity index (χ4n) is 1.56. The van der Waals surface area contributed by atoms with Crippen molar-refractivity contribution in [2.45, 2.75) is 0 Å². The Balaban J connectivity index is 2.42. The third kappa shape index (κ3) is 2.92. The van der Waals surface area contributed by atoms with Crippen LogP contribution in [0.25, 0.3) is 0 Å². The lowest BCUT2D eigenvalue weighted by molar-refractivity contribution is -0.383. The van der Waals surface area contributed by atoms with E-state index >= 15 is 0 Å². The highest BCUT2D eigenvalue weighted by Crippen LogP contribution is 2.23. The van der Waals surface area contributed by atoms with Gasteiger partial charge in [0.05, 0.1) is 20.5 Å². The second-order valence-corrected chi connectivity index (χ2v) is 4.79. The van der Waals surface area contributed by atoms with E-state index in [2.05, 4.69) is 0 Å². The van der Waals surface area contributed by atoms with Gasteiger partial charge in [0.2, 0.25) is 0 Å². The molecule has 0 bridgehead atoms. The van der Waals surface area contributed by atoms with Gasteiger partial charge in [-0.15, -0.1) is 0 Å². The average Bonchev–Trinajstić information content (AvgIpc) is 2.39. The van der Waals surface area contributed by atoms with Gasteiger partial charge < -0.3 is 0 Å². The molecule has 0 saturated heterocycles. The van der Waals surface area contributed by atoms with E-state index < -0.39 is 9.85 Å². The lowest BCUT2D eigenvalue weighted by Crippen LogP contribution is -2.11. The van der Waals surface area contributed by atoms with Gasteiger partial charge in [0.25, 0.3) is 11.4 Å². The summed E-state index contributed by atoms with van der Waals surface area (Å²) in [7, 11) is 0.445. The van der Waals surface area contributed by atoms with Gasteiger partial charge >= 0.3 is 0 Å². The normalized spacial score (nSPS) is 10.1. The number of nitro groups is 2. The molecule has 0 aliphatic carbocycles. The van der Waals surface area contributed by atoms with E-state index in [1.54, 1.807) is 36.4 Å². The van der Waals surface area contributed by atoms with Crippen LogP contribution in [-0.2, 0) is 0 Å². The Kier molecular flexibility index (Phi) is 3.82. The standard InChI is InChI=1S/C12H8N2O4P/c15-13(16)9-5-1-3-7-11(9)19-12-8-4-2-6-10(12)14(17)18/h1-8H. The molecule has 0 spiro atoms. The van der Waals surface area contributed by atoms with Crippen LogP contribution in [0.1, 0.15) is 0 Å². The fraction of sp³-hybridized carbons (Fsp3) is 0. The molecule has 95 valence electrons. The third-order valence-electron chi connectivity index (χ3n) is 2.40. The van der Waals surface area contributed by atoms with Crippen LogP contribution in [0.3, 0.4) is 0 Å². The molecule has 6 nitrogen and oxygen atoms in total. The molecule has 0 unspecified atom stereocenters. The molecule has 0 aromatic heterocycles. The molecule has 1 radical (unpaired) electrons. The number of hydrogen-bond acceptors (Lipinski definition) is 4. The number of nitrogens with zero attached hydrogens (tertiary/aromatic N) is 2. The van der Waals surface area contributed by atoms with E-state index in [9.17, 15) is 20.2 Å². The fourth-order valence-corrected chi connectivity index (χ4v) is 2.68. The van der Waals surface area contributed by atoms with Crippen LogP contribution in [0.2, 0.25) is 0 Å². The lowest BCUT2D eigenvalue weighted by Gasteiger charge is -2.03. The van der Waals surface area contributed by atoms with Crippen LogP contribution < -0.4 is 10.6 Å². The predicted octanol–water partition coefficient (Wildman–Crippen LogP) is 2.40. The van der Waals surface area contributed by atoms with Crippen LogP contribution in [0.5, 0.6) is 0 Å². The first-order valence-electron chi connectivity index (χ1n) is 5.28. The second-order valence-electron chi connectivity index (χ2n) is 3.60. The number of benzene rings is 2. The molecular formula is C12H8N2O4P. The second kappa shape index (κ2) is 5.54. The highest BCUT2D eigenvalue weighted by molar-refractivity contribution is 7.56. The Morgan fingerprint density at radius 3 is 1.47 bits per heavy atom. The van der Waals surface area contributed by atoms with Crippen molar-refractivity contribution in [3.63, 3.8) is 0 Å². The van der Waals surface area contributed by atoms with Gasteiger partial charge in [0.1, 0.15) is 0 Å². The van der Waals surface area contributed by atoms with Crippen LogP contribution in [-0.4, -0.2) is 9.85 Å². The van der Waals surface area contributed by atoms with Crippen LogP contribution >= 0.6 is 8.58 Å². The van der Waals surface area contributed by atoms with Crippen LogP contribution in [0, 0.1) is 20.2 Å². The summed E-state index contributed by atoms with van der Waals surface area (Å²) in [5.41, 5.74) is -0.0790. The Hall–Kier alpha value is -2.33. The molecule has 0 amide bonds. The van der Waals surface area contributed by atoms with Crippen molar-refractivity contribution in [1.82, 2.24) is 0 Å². The van der Waals surface area contributed by atoms with E-state index in [-0.39, 0.29) is 11.4 Å². The first-order chi connectivity index (χ1) is 9.09. The van der Waals surface area contributed by atoms with Gasteiger partial charge in [-0.05, 0) is 12.1 Å². The zero-order valence-corrected chi connectivity index (χ0v) is 10.5. The minimum Gasteiger partial charge on any atom is -0.258 e. The lowest BCUT2D eigenvalue weighted by atomic mass is 10.3. The monoisotopic (exact) mass is 275 g/mol. The quantitative estimate of drug-likeness (QED) is 0.487. The molecule has 2 aromatic rings. The van der Waals surface area contributed by atoms with Gasteiger partial charge in [-0.3, -0.25) is 20.2 Å². The summed E-state index contributed by atoms with van der Waals surface area (Å²) in [5.74, 6) is 0. The summed E-state index contributed by atoms with van der Waals surface area (Å²) in [6.07, 6.45) is 0. The van der Waals surface area contributed by atoms with Gasteiger partial charge in [0, 0.05) is 20.7 Å². The molecule has 0 aliphatic heterocycles. The van der Waals surface area contributed by atoms with E-state index in [4.69, 9.17) is 0 Å². The zero-order chi connectivity index (χ0) is 13.8. The van der Waals surface area contributed by atoms with Crippen molar-refractivity contribution in [2.75, 3.05) is 0 Å². The molecule has 19 heavy (non-hydrogen) atoms. The van der Waals surface area contributed by atoms with Crippen molar-refractivity contribution >= 4 is 30.6 Å². The molecule has 2 aromatic carbocycles. The SMILES string of the molecule is O=[N+]([O-])c1ccccc1[P]c1ccccc1[N+](=O)[O-]. The van der Waals surface area contributed by atoms with Crippen molar-refractivity contribution in [2.24, 2.45) is 0 Å². The summed E-state index contributed by atoms with van der Waals surface area (Å²) >= 11 is 0. The summed E-state index contributed by atoms with van der Waals surface area (Å²) in [6.45, 7) is 0. The summed E-state index contributed by atoms with van der Waals surface area (Å²) in [6, 6.07) is 12.4. The van der Waals surface area contributed by atoms with Gasteiger partial charge in [-0.1, -0.05) is 24.3 Å². The van der Waals surface area contributed by atoms with Gasteiger partial charge in [-0.25, -0.2) is 0 Å². The van der Waals surface area contributed by atoms with E-state index in [1.165, 1.54) is 12.1 Å².